The largest absolute Gasteiger partial charge is 0.454 e. The van der Waals surface area contributed by atoms with E-state index < -0.39 is 0 Å². The molecular formula is C45H27NO2. The fourth-order valence-corrected chi connectivity index (χ4v) is 9.20. The molecule has 1 aliphatic carbocycles. The highest BCUT2D eigenvalue weighted by atomic mass is 16.3. The fourth-order valence-electron chi connectivity index (χ4n) is 9.20. The number of rotatable bonds is 1. The monoisotopic (exact) mass is 613 g/mol. The lowest BCUT2D eigenvalue weighted by Crippen LogP contribution is -2.14. The Bertz CT molecular complexity index is 3040. The third-order valence-electron chi connectivity index (χ3n) is 11.3. The molecule has 0 saturated heterocycles. The molecular weight excluding hydrogens is 587 g/mol. The van der Waals surface area contributed by atoms with Gasteiger partial charge in [-0.3, -0.25) is 0 Å². The molecule has 224 valence electrons. The Hall–Kier alpha value is -6.06. The summed E-state index contributed by atoms with van der Waals surface area (Å²) >= 11 is 0. The van der Waals surface area contributed by atoms with E-state index in [1.807, 2.05) is 12.1 Å². The van der Waals surface area contributed by atoms with Gasteiger partial charge in [-0.2, -0.15) is 0 Å². The highest BCUT2D eigenvalue weighted by Gasteiger charge is 2.37. The maximum Gasteiger partial charge on any atom is 0.160 e. The highest BCUT2D eigenvalue weighted by molar-refractivity contribution is 6.32. The van der Waals surface area contributed by atoms with E-state index in [2.05, 4.69) is 134 Å². The normalized spacial score (nSPS) is 14.2. The first-order valence-electron chi connectivity index (χ1n) is 16.7. The summed E-state index contributed by atoms with van der Waals surface area (Å²) in [6, 6.07) is 46.4. The van der Waals surface area contributed by atoms with Crippen LogP contribution in [0.1, 0.15) is 25.0 Å². The predicted octanol–water partition coefficient (Wildman–Crippen LogP) is 12.6. The lowest BCUT2D eigenvalue weighted by molar-refractivity contribution is 0.660. The molecule has 0 unspecified atom stereocenters. The molecule has 0 atom stereocenters. The van der Waals surface area contributed by atoms with Gasteiger partial charge in [0.15, 0.2) is 11.2 Å². The van der Waals surface area contributed by atoms with E-state index in [9.17, 15) is 0 Å². The van der Waals surface area contributed by atoms with Crippen LogP contribution in [0.5, 0.6) is 0 Å². The SMILES string of the molecule is CC1(C)c2ccccc2-c2c(-c3cc4c5ccc6c7ccccc7oc6c5n5c4c(c3)c3ccc4c6ccccc6oc4c35)cccc21. The van der Waals surface area contributed by atoms with E-state index >= 15 is 0 Å². The van der Waals surface area contributed by atoms with Gasteiger partial charge in [-0.1, -0.05) is 105 Å². The van der Waals surface area contributed by atoms with Gasteiger partial charge in [0.25, 0.3) is 0 Å². The van der Waals surface area contributed by atoms with Crippen LogP contribution in [0.4, 0.5) is 0 Å². The second-order valence-electron chi connectivity index (χ2n) is 14.0. The first kappa shape index (κ1) is 25.1. The molecule has 3 nitrogen and oxygen atoms in total. The zero-order valence-corrected chi connectivity index (χ0v) is 26.4. The summed E-state index contributed by atoms with van der Waals surface area (Å²) in [5.74, 6) is 0. The second kappa shape index (κ2) is 8.26. The van der Waals surface area contributed by atoms with Gasteiger partial charge in [0.2, 0.25) is 0 Å². The Kier molecular flexibility index (Phi) is 4.31. The van der Waals surface area contributed by atoms with Crippen molar-refractivity contribution in [2.75, 3.05) is 0 Å². The summed E-state index contributed by atoms with van der Waals surface area (Å²) in [5, 5.41) is 9.35. The summed E-state index contributed by atoms with van der Waals surface area (Å²) in [4.78, 5) is 0. The number of aromatic nitrogens is 1. The molecule has 12 rings (SSSR count). The molecule has 1 aliphatic rings. The molecule has 11 aromatic rings. The smallest absolute Gasteiger partial charge is 0.160 e. The molecule has 0 amide bonds. The highest BCUT2D eigenvalue weighted by Crippen LogP contribution is 2.53. The first-order valence-corrected chi connectivity index (χ1v) is 16.7. The molecule has 48 heavy (non-hydrogen) atoms. The summed E-state index contributed by atoms with van der Waals surface area (Å²) in [6.45, 7) is 4.70. The minimum Gasteiger partial charge on any atom is -0.454 e. The summed E-state index contributed by atoms with van der Waals surface area (Å²) in [7, 11) is 0. The standard InChI is InChI=1S/C45H27NO2/c1-45(2)35-14-6-3-12-32(35)39-25(13-9-15-36(39)45)24-22-33-28-18-20-30-26-10-4-7-16-37(26)47-43(30)41(28)46-40(33)34(23-24)29-19-21-31-27-11-5-8-17-38(27)48-44(31)42(29)46/h3-23H,1-2H3. The second-order valence-corrected chi connectivity index (χ2v) is 14.0. The topological polar surface area (TPSA) is 30.7 Å². The van der Waals surface area contributed by atoms with Gasteiger partial charge in [-0.25, -0.2) is 0 Å². The molecule has 3 heteroatoms. The minimum atomic E-state index is -0.0642. The van der Waals surface area contributed by atoms with E-state index in [1.54, 1.807) is 0 Å². The van der Waals surface area contributed by atoms with Gasteiger partial charge in [0.05, 0.1) is 16.6 Å². The van der Waals surface area contributed by atoms with Crippen molar-refractivity contribution in [2.24, 2.45) is 0 Å². The van der Waals surface area contributed by atoms with Gasteiger partial charge in [-0.15, -0.1) is 0 Å². The van der Waals surface area contributed by atoms with E-state index in [1.165, 1.54) is 60.4 Å². The van der Waals surface area contributed by atoms with Crippen LogP contribution in [0.3, 0.4) is 0 Å². The molecule has 0 N–H and O–H groups in total. The molecule has 0 aliphatic heterocycles. The van der Waals surface area contributed by atoms with Crippen molar-refractivity contribution < 1.29 is 8.83 Å². The maximum atomic E-state index is 6.73. The van der Waals surface area contributed by atoms with Crippen molar-refractivity contribution in [1.82, 2.24) is 4.40 Å². The van der Waals surface area contributed by atoms with Crippen molar-refractivity contribution in [1.29, 1.82) is 0 Å². The summed E-state index contributed by atoms with van der Waals surface area (Å²) in [5.41, 5.74) is 14.9. The Morgan fingerprint density at radius 3 is 1.60 bits per heavy atom. The van der Waals surface area contributed by atoms with Crippen molar-refractivity contribution in [2.45, 2.75) is 19.3 Å². The number of hydrogen-bond donors (Lipinski definition) is 0. The molecule has 0 spiro atoms. The van der Waals surface area contributed by atoms with Crippen LogP contribution < -0.4 is 0 Å². The Balaban J connectivity index is 1.30. The molecule has 0 saturated carbocycles. The number of furan rings is 2. The zero-order chi connectivity index (χ0) is 31.5. The first-order chi connectivity index (χ1) is 23.6. The van der Waals surface area contributed by atoms with E-state index in [4.69, 9.17) is 8.83 Å². The van der Waals surface area contributed by atoms with Crippen molar-refractivity contribution in [3.63, 3.8) is 0 Å². The van der Waals surface area contributed by atoms with E-state index in [0.29, 0.717) is 0 Å². The van der Waals surface area contributed by atoms with Crippen LogP contribution in [0.15, 0.2) is 136 Å². The Morgan fingerprint density at radius 1 is 0.438 bits per heavy atom. The third-order valence-corrected chi connectivity index (χ3v) is 11.3. The average molecular weight is 614 g/mol. The average Bonchev–Trinajstić information content (AvgIpc) is 3.90. The van der Waals surface area contributed by atoms with Crippen LogP contribution in [-0.4, -0.2) is 4.40 Å². The van der Waals surface area contributed by atoms with Gasteiger partial charge >= 0.3 is 0 Å². The molecule has 0 radical (unpaired) electrons. The summed E-state index contributed by atoms with van der Waals surface area (Å²) < 4.78 is 15.9. The van der Waals surface area contributed by atoms with Gasteiger partial charge in [0, 0.05) is 48.5 Å². The lowest BCUT2D eigenvalue weighted by Gasteiger charge is -2.21. The number of nitrogens with zero attached hydrogens (tertiary/aromatic N) is 1. The van der Waals surface area contributed by atoms with Crippen molar-refractivity contribution >= 4 is 82.0 Å². The Morgan fingerprint density at radius 2 is 0.958 bits per heavy atom. The van der Waals surface area contributed by atoms with Crippen molar-refractivity contribution in [3.8, 4) is 22.3 Å². The fraction of sp³-hybridized carbons (Fsp3) is 0.0667. The van der Waals surface area contributed by atoms with E-state index in [-0.39, 0.29) is 5.41 Å². The Labute approximate surface area is 274 Å². The van der Waals surface area contributed by atoms with Gasteiger partial charge in [-0.05, 0) is 69.8 Å². The number of para-hydroxylation sites is 2. The number of fused-ring (bicyclic) bond motifs is 17. The predicted molar refractivity (Wildman–Crippen MR) is 199 cm³/mol. The third kappa shape index (κ3) is 2.80. The zero-order valence-electron chi connectivity index (χ0n) is 26.4. The van der Waals surface area contributed by atoms with Crippen LogP contribution in [-0.2, 0) is 5.41 Å². The van der Waals surface area contributed by atoms with Gasteiger partial charge in [0.1, 0.15) is 11.2 Å². The van der Waals surface area contributed by atoms with E-state index in [0.717, 1.165) is 54.9 Å². The number of hydrogen-bond acceptors (Lipinski definition) is 2. The number of benzene rings is 7. The molecule has 7 aromatic carbocycles. The molecule has 0 bridgehead atoms. The van der Waals surface area contributed by atoms with Gasteiger partial charge < -0.3 is 13.2 Å². The van der Waals surface area contributed by atoms with Crippen LogP contribution in [0.2, 0.25) is 0 Å². The summed E-state index contributed by atoms with van der Waals surface area (Å²) in [6.07, 6.45) is 0. The molecule has 4 aromatic heterocycles. The lowest BCUT2D eigenvalue weighted by atomic mass is 9.82. The maximum absolute atomic E-state index is 6.73. The quantitative estimate of drug-likeness (QED) is 0.184. The molecule has 0 fully saturated rings. The van der Waals surface area contributed by atoms with Crippen LogP contribution in [0.25, 0.3) is 104 Å². The van der Waals surface area contributed by atoms with Crippen molar-refractivity contribution in [3.05, 3.63) is 139 Å². The molecule has 4 heterocycles. The van der Waals surface area contributed by atoms with Crippen LogP contribution >= 0.6 is 0 Å². The van der Waals surface area contributed by atoms with Crippen LogP contribution in [0, 0.1) is 0 Å². The minimum absolute atomic E-state index is 0.0642.